The first-order chi connectivity index (χ1) is 22.7. The normalized spacial score (nSPS) is 13.3. The second-order valence-electron chi connectivity index (χ2n) is 11.9. The van der Waals surface area contributed by atoms with Crippen LogP contribution in [0.2, 0.25) is 0 Å². The Morgan fingerprint density at radius 3 is 2.00 bits per heavy atom. The topological polar surface area (TPSA) is 39.2 Å². The molecule has 6 aromatic carbocycles. The van der Waals surface area contributed by atoms with E-state index in [1.165, 1.54) is 77.0 Å². The molecule has 0 amide bonds. The largest absolute Gasteiger partial charge is 0.456 e. The number of hydrogen-bond donors (Lipinski definition) is 1. The van der Waals surface area contributed by atoms with Crippen LogP contribution in [0.1, 0.15) is 30.2 Å². The Morgan fingerprint density at radius 2 is 1.33 bits per heavy atom. The molecule has 0 aliphatic heterocycles. The Bertz CT molecular complexity index is 2290. The fraction of sp³-hybridized carbons (Fsp3) is 0.0909. The van der Waals surface area contributed by atoms with Crippen LogP contribution in [0.15, 0.2) is 144 Å². The predicted octanol–water partition coefficient (Wildman–Crippen LogP) is 11.6. The first kappa shape index (κ1) is 28.1. The smallest absolute Gasteiger partial charge is 0.135 e. The maximum absolute atomic E-state index is 6.38. The summed E-state index contributed by atoms with van der Waals surface area (Å²) in [5, 5.41) is 6.18. The quantitative estimate of drug-likeness (QED) is 0.154. The van der Waals surface area contributed by atoms with Crippen molar-refractivity contribution in [3.63, 3.8) is 0 Å². The van der Waals surface area contributed by atoms with Crippen molar-refractivity contribution in [2.45, 2.75) is 19.8 Å². The second-order valence-corrected chi connectivity index (χ2v) is 11.9. The molecule has 0 spiro atoms. The molecule has 2 N–H and O–H groups in total. The number of furan rings is 1. The molecule has 0 unspecified atom stereocenters. The van der Waals surface area contributed by atoms with Gasteiger partial charge in [-0.05, 0) is 98.0 Å². The molecule has 1 heterocycles. The summed E-state index contributed by atoms with van der Waals surface area (Å²) in [7, 11) is 0. The first-order valence-corrected chi connectivity index (χ1v) is 16.1. The number of rotatable bonds is 6. The van der Waals surface area contributed by atoms with E-state index in [1.54, 1.807) is 0 Å². The highest BCUT2D eigenvalue weighted by Crippen LogP contribution is 2.46. The lowest BCUT2D eigenvalue weighted by molar-refractivity contribution is 0.595. The molecule has 0 saturated carbocycles. The molecule has 0 radical (unpaired) electrons. The van der Waals surface area contributed by atoms with E-state index in [2.05, 4.69) is 146 Å². The molecular formula is C44H35NO. The molecule has 1 aliphatic carbocycles. The highest BCUT2D eigenvalue weighted by atomic mass is 16.3. The lowest BCUT2D eigenvalue weighted by atomic mass is 9.83. The zero-order valence-electron chi connectivity index (χ0n) is 26.0. The molecule has 46 heavy (non-hydrogen) atoms. The fourth-order valence-electron chi connectivity index (χ4n) is 7.21. The molecule has 222 valence electrons. The van der Waals surface area contributed by atoms with Gasteiger partial charge in [-0.3, -0.25) is 0 Å². The predicted molar refractivity (Wildman–Crippen MR) is 197 cm³/mol. The van der Waals surface area contributed by atoms with Crippen molar-refractivity contribution in [2.75, 3.05) is 6.54 Å². The van der Waals surface area contributed by atoms with Gasteiger partial charge in [-0.15, -0.1) is 0 Å². The second kappa shape index (κ2) is 11.8. The Labute approximate surface area is 269 Å². The van der Waals surface area contributed by atoms with Gasteiger partial charge in [0.25, 0.3) is 0 Å². The summed E-state index contributed by atoms with van der Waals surface area (Å²) in [6, 6.07) is 42.2. The van der Waals surface area contributed by atoms with Crippen LogP contribution in [-0.2, 0) is 6.42 Å². The minimum atomic E-state index is 0.528. The maximum atomic E-state index is 6.38. The van der Waals surface area contributed by atoms with Crippen LogP contribution in [0.25, 0.3) is 77.5 Å². The van der Waals surface area contributed by atoms with Gasteiger partial charge >= 0.3 is 0 Å². The highest BCUT2D eigenvalue weighted by Gasteiger charge is 2.20. The van der Waals surface area contributed by atoms with E-state index in [0.717, 1.165) is 24.2 Å². The molecule has 1 aromatic heterocycles. The van der Waals surface area contributed by atoms with E-state index < -0.39 is 0 Å². The van der Waals surface area contributed by atoms with Gasteiger partial charge in [-0.25, -0.2) is 0 Å². The van der Waals surface area contributed by atoms with Gasteiger partial charge in [0, 0.05) is 17.5 Å². The molecule has 1 aliphatic rings. The van der Waals surface area contributed by atoms with E-state index in [-0.39, 0.29) is 0 Å². The number of fused-ring (bicyclic) bond motifs is 5. The van der Waals surface area contributed by atoms with E-state index in [4.69, 9.17) is 10.2 Å². The number of hydrogen-bond acceptors (Lipinski definition) is 2. The molecule has 8 rings (SSSR count). The number of nitrogens with two attached hydrogens (primary N) is 1. The summed E-state index contributed by atoms with van der Waals surface area (Å²) in [5.74, 6) is 1.00. The average Bonchev–Trinajstić information content (AvgIpc) is 3.49. The maximum Gasteiger partial charge on any atom is 0.135 e. The van der Waals surface area contributed by atoms with Crippen LogP contribution >= 0.6 is 0 Å². The standard InChI is InChI=1S/C44H35NO/c1-2-29(12-11-27-45)30-21-23-31(24-22-30)33-13-3-4-15-36(33)44-39-18-7-5-16-37(39)43(38-17-6-8-19-40(38)44)32-25-26-35-34-14-9-10-20-41(34)46-42(35)28-32/h2-8,10-13,15-26,28H,9,14,27,45H2,1H3/b12-11-,29-2+. The minimum Gasteiger partial charge on any atom is -0.456 e. The van der Waals surface area contributed by atoms with Gasteiger partial charge in [0.05, 0.1) is 0 Å². The van der Waals surface area contributed by atoms with Gasteiger partial charge in [-0.2, -0.15) is 0 Å². The highest BCUT2D eigenvalue weighted by molar-refractivity contribution is 6.22. The molecule has 0 saturated heterocycles. The molecule has 0 atom stereocenters. The van der Waals surface area contributed by atoms with Gasteiger partial charge in [0.2, 0.25) is 0 Å². The number of aryl methyl sites for hydroxylation is 1. The molecule has 7 aromatic rings. The summed E-state index contributed by atoms with van der Waals surface area (Å²) in [4.78, 5) is 0. The summed E-state index contributed by atoms with van der Waals surface area (Å²) < 4.78 is 6.38. The van der Waals surface area contributed by atoms with Gasteiger partial charge in [0.15, 0.2) is 0 Å². The van der Waals surface area contributed by atoms with Crippen molar-refractivity contribution in [2.24, 2.45) is 5.73 Å². The van der Waals surface area contributed by atoms with E-state index in [0.29, 0.717) is 6.54 Å². The van der Waals surface area contributed by atoms with Crippen LogP contribution in [0, 0.1) is 0 Å². The van der Waals surface area contributed by atoms with Crippen LogP contribution in [-0.4, -0.2) is 6.54 Å². The van der Waals surface area contributed by atoms with Crippen molar-refractivity contribution in [3.05, 3.63) is 156 Å². The van der Waals surface area contributed by atoms with Gasteiger partial charge < -0.3 is 10.2 Å². The number of benzene rings is 6. The number of allylic oxidation sites excluding steroid dienone is 4. The first-order valence-electron chi connectivity index (χ1n) is 16.1. The molecule has 2 heteroatoms. The van der Waals surface area contributed by atoms with Gasteiger partial charge in [0.1, 0.15) is 11.3 Å². The third-order valence-electron chi connectivity index (χ3n) is 9.34. The molecular weight excluding hydrogens is 558 g/mol. The molecule has 0 fully saturated rings. The van der Waals surface area contributed by atoms with Crippen molar-refractivity contribution >= 4 is 44.2 Å². The van der Waals surface area contributed by atoms with Crippen LogP contribution in [0.3, 0.4) is 0 Å². The zero-order valence-corrected chi connectivity index (χ0v) is 26.0. The Hall–Kier alpha value is -5.44. The monoisotopic (exact) mass is 593 g/mol. The zero-order chi connectivity index (χ0) is 31.0. The molecule has 2 nitrogen and oxygen atoms in total. The Kier molecular flexibility index (Phi) is 7.21. The van der Waals surface area contributed by atoms with Crippen LogP contribution < -0.4 is 5.73 Å². The minimum absolute atomic E-state index is 0.528. The van der Waals surface area contributed by atoms with Crippen molar-refractivity contribution in [1.82, 2.24) is 0 Å². The Morgan fingerprint density at radius 1 is 0.696 bits per heavy atom. The van der Waals surface area contributed by atoms with E-state index >= 15 is 0 Å². The van der Waals surface area contributed by atoms with Gasteiger partial charge in [-0.1, -0.05) is 133 Å². The van der Waals surface area contributed by atoms with Crippen molar-refractivity contribution in [3.8, 4) is 33.4 Å². The third kappa shape index (κ3) is 4.70. The van der Waals surface area contributed by atoms with Crippen LogP contribution in [0.4, 0.5) is 0 Å². The fourth-order valence-corrected chi connectivity index (χ4v) is 7.21. The lowest BCUT2D eigenvalue weighted by Gasteiger charge is -2.19. The average molecular weight is 594 g/mol. The summed E-state index contributed by atoms with van der Waals surface area (Å²) in [5.41, 5.74) is 17.7. The lowest BCUT2D eigenvalue weighted by Crippen LogP contribution is -1.93. The summed E-state index contributed by atoms with van der Waals surface area (Å²) >= 11 is 0. The van der Waals surface area contributed by atoms with E-state index in [9.17, 15) is 0 Å². The van der Waals surface area contributed by atoms with Crippen LogP contribution in [0.5, 0.6) is 0 Å². The summed E-state index contributed by atoms with van der Waals surface area (Å²) in [6.07, 6.45) is 12.6. The SMILES string of the molecule is C/C=C(\C=C/CN)c1ccc(-c2ccccc2-c2c3ccccc3c(-c3ccc4c5c(oc4c3)C=CCC5)c3ccccc23)cc1. The van der Waals surface area contributed by atoms with E-state index in [1.807, 2.05) is 6.08 Å². The van der Waals surface area contributed by atoms with Crippen molar-refractivity contribution in [1.29, 1.82) is 0 Å². The molecule has 0 bridgehead atoms. The third-order valence-corrected chi connectivity index (χ3v) is 9.34. The Balaban J connectivity index is 1.33. The van der Waals surface area contributed by atoms with Crippen molar-refractivity contribution < 1.29 is 4.42 Å². The summed E-state index contributed by atoms with van der Waals surface area (Å²) in [6.45, 7) is 2.59.